The van der Waals surface area contributed by atoms with Crippen molar-refractivity contribution < 1.29 is 0 Å². The van der Waals surface area contributed by atoms with E-state index in [-0.39, 0.29) is 0 Å². The quantitative estimate of drug-likeness (QED) is 0.499. The maximum Gasteiger partial charge on any atom is 0.213 e. The van der Waals surface area contributed by atoms with E-state index in [0.29, 0.717) is 12.0 Å². The van der Waals surface area contributed by atoms with Crippen molar-refractivity contribution in [2.75, 3.05) is 13.1 Å². The zero-order valence-corrected chi connectivity index (χ0v) is 5.89. The van der Waals surface area contributed by atoms with Crippen molar-refractivity contribution in [2.45, 2.75) is 19.9 Å². The summed E-state index contributed by atoms with van der Waals surface area (Å²) in [6.45, 7) is 5.89. The van der Waals surface area contributed by atoms with Gasteiger partial charge in [0.15, 0.2) is 0 Å². The molecule has 0 saturated heterocycles. The van der Waals surface area contributed by atoms with Gasteiger partial charge in [-0.25, -0.2) is 4.99 Å². The van der Waals surface area contributed by atoms with Crippen LogP contribution in [0.4, 0.5) is 0 Å². The second kappa shape index (κ2) is 2.25. The Morgan fingerprint density at radius 1 is 1.67 bits per heavy atom. The van der Waals surface area contributed by atoms with Crippen molar-refractivity contribution in [3.05, 3.63) is 0 Å². The fourth-order valence-electron chi connectivity index (χ4n) is 0.963. The molecule has 0 bridgehead atoms. The van der Waals surface area contributed by atoms with Crippen LogP contribution < -0.4 is 5.73 Å². The van der Waals surface area contributed by atoms with Crippen LogP contribution in [-0.4, -0.2) is 30.0 Å². The van der Waals surface area contributed by atoms with Crippen molar-refractivity contribution in [3.63, 3.8) is 0 Å². The maximum atomic E-state index is 7.30. The fraction of sp³-hybridized carbons (Fsp3) is 0.833. The Bertz CT molecular complexity index is 128. The van der Waals surface area contributed by atoms with Crippen LogP contribution in [-0.2, 0) is 0 Å². The van der Waals surface area contributed by atoms with Gasteiger partial charge in [0.2, 0.25) is 5.96 Å². The normalized spacial score (nSPS) is 19.0. The monoisotopic (exact) mass is 126 g/mol. The highest BCUT2D eigenvalue weighted by molar-refractivity contribution is 5.79. The van der Waals surface area contributed by atoms with Gasteiger partial charge in [-0.05, 0) is 13.8 Å². The molecule has 3 heteroatoms. The highest BCUT2D eigenvalue weighted by atomic mass is 15.3. The van der Waals surface area contributed by atoms with E-state index < -0.39 is 0 Å². The van der Waals surface area contributed by atoms with Crippen LogP contribution in [0.25, 0.3) is 0 Å². The summed E-state index contributed by atoms with van der Waals surface area (Å²) < 4.78 is 0. The third-order valence-electron chi connectivity index (χ3n) is 1.50. The molecule has 1 N–H and O–H groups in total. The third-order valence-corrected chi connectivity index (χ3v) is 1.50. The van der Waals surface area contributed by atoms with E-state index in [9.17, 15) is 0 Å². The lowest BCUT2D eigenvalue weighted by Gasteiger charge is -2.20. The first-order chi connectivity index (χ1) is 4.22. The lowest BCUT2D eigenvalue weighted by Crippen LogP contribution is -2.34. The van der Waals surface area contributed by atoms with Gasteiger partial charge in [-0.15, -0.1) is 0 Å². The topological polar surface area (TPSA) is 39.4 Å². The number of hydrogen-bond acceptors (Lipinski definition) is 2. The zero-order chi connectivity index (χ0) is 6.85. The molecule has 1 aliphatic heterocycles. The predicted molar refractivity (Wildman–Crippen MR) is 37.2 cm³/mol. The van der Waals surface area contributed by atoms with Gasteiger partial charge < -0.3 is 4.90 Å². The predicted octanol–water partition coefficient (Wildman–Crippen LogP) is 0.349. The molecule has 0 aromatic rings. The highest BCUT2D eigenvalue weighted by Crippen LogP contribution is 2.03. The molecule has 0 aliphatic carbocycles. The summed E-state index contributed by atoms with van der Waals surface area (Å²) in [5, 5.41) is 0. The van der Waals surface area contributed by atoms with Crippen molar-refractivity contribution in [3.8, 4) is 0 Å². The molecule has 3 nitrogen and oxygen atoms in total. The minimum absolute atomic E-state index is 0.434. The van der Waals surface area contributed by atoms with Gasteiger partial charge in [0.25, 0.3) is 0 Å². The van der Waals surface area contributed by atoms with Crippen molar-refractivity contribution in [2.24, 2.45) is 4.99 Å². The Kier molecular flexibility index (Phi) is 1.60. The number of aliphatic imine (C=N–C) groups is 1. The van der Waals surface area contributed by atoms with Crippen LogP contribution in [0, 0.1) is 0 Å². The van der Waals surface area contributed by atoms with Crippen LogP contribution in [0.2, 0.25) is 0 Å². The van der Waals surface area contributed by atoms with Crippen molar-refractivity contribution >= 4 is 5.96 Å². The number of nitrogens with one attached hydrogen (secondary N) is 1. The van der Waals surface area contributed by atoms with E-state index in [4.69, 9.17) is 5.73 Å². The van der Waals surface area contributed by atoms with Gasteiger partial charge in [0, 0.05) is 12.6 Å². The number of nitrogens with zero attached hydrogens (tertiary/aromatic N) is 2. The Labute approximate surface area is 55.6 Å². The molecule has 1 radical (unpaired) electrons. The van der Waals surface area contributed by atoms with E-state index in [1.165, 1.54) is 0 Å². The number of guanidine groups is 1. The first-order valence-electron chi connectivity index (χ1n) is 3.24. The maximum absolute atomic E-state index is 7.30. The number of hydrogen-bond donors (Lipinski definition) is 0. The molecular formula is C6H12N3. The summed E-state index contributed by atoms with van der Waals surface area (Å²) in [6, 6.07) is 0.434. The summed E-state index contributed by atoms with van der Waals surface area (Å²) in [5.74, 6) is 0.449. The lowest BCUT2D eigenvalue weighted by atomic mass is 10.3. The molecule has 1 rings (SSSR count). The molecule has 0 atom stereocenters. The standard InChI is InChI=1S/C6H12N3/c1-5(2)9-4-3-8-6(9)7/h5,7H,3-4H2,1-2H3. The van der Waals surface area contributed by atoms with Gasteiger partial charge in [-0.3, -0.25) is 5.73 Å². The Hall–Kier alpha value is -0.730. The molecule has 9 heavy (non-hydrogen) atoms. The first-order valence-corrected chi connectivity index (χ1v) is 3.24. The summed E-state index contributed by atoms with van der Waals surface area (Å²) in [4.78, 5) is 5.93. The summed E-state index contributed by atoms with van der Waals surface area (Å²) in [7, 11) is 0. The van der Waals surface area contributed by atoms with Crippen LogP contribution in [0.15, 0.2) is 4.99 Å². The summed E-state index contributed by atoms with van der Waals surface area (Å²) in [6.07, 6.45) is 0. The van der Waals surface area contributed by atoms with E-state index in [2.05, 4.69) is 18.8 Å². The minimum Gasteiger partial charge on any atom is -0.337 e. The van der Waals surface area contributed by atoms with E-state index >= 15 is 0 Å². The van der Waals surface area contributed by atoms with Gasteiger partial charge in [-0.2, -0.15) is 0 Å². The van der Waals surface area contributed by atoms with Crippen LogP contribution >= 0.6 is 0 Å². The SMILES string of the molecule is CC(C)N1CCN=C1[NH]. The van der Waals surface area contributed by atoms with Gasteiger partial charge in [-0.1, -0.05) is 0 Å². The molecule has 1 aliphatic rings. The minimum atomic E-state index is 0.434. The summed E-state index contributed by atoms with van der Waals surface area (Å²) >= 11 is 0. The molecule has 0 unspecified atom stereocenters. The zero-order valence-electron chi connectivity index (χ0n) is 5.89. The van der Waals surface area contributed by atoms with E-state index in [1.54, 1.807) is 0 Å². The second-order valence-electron chi connectivity index (χ2n) is 2.49. The molecule has 0 aromatic heterocycles. The largest absolute Gasteiger partial charge is 0.337 e. The fourth-order valence-corrected chi connectivity index (χ4v) is 0.963. The molecule has 1 heterocycles. The highest BCUT2D eigenvalue weighted by Gasteiger charge is 2.16. The Morgan fingerprint density at radius 2 is 2.33 bits per heavy atom. The average Bonchev–Trinajstić information content (AvgIpc) is 2.13. The third kappa shape index (κ3) is 1.15. The van der Waals surface area contributed by atoms with Gasteiger partial charge in [0.05, 0.1) is 6.54 Å². The number of rotatable bonds is 1. The van der Waals surface area contributed by atoms with Crippen molar-refractivity contribution in [1.82, 2.24) is 10.6 Å². The van der Waals surface area contributed by atoms with Crippen LogP contribution in [0.1, 0.15) is 13.8 Å². The van der Waals surface area contributed by atoms with Crippen molar-refractivity contribution in [1.29, 1.82) is 0 Å². The molecule has 0 saturated carbocycles. The Balaban J connectivity index is 2.53. The molecule has 0 amide bonds. The smallest absolute Gasteiger partial charge is 0.213 e. The van der Waals surface area contributed by atoms with Gasteiger partial charge in [0.1, 0.15) is 0 Å². The first kappa shape index (κ1) is 6.39. The summed E-state index contributed by atoms with van der Waals surface area (Å²) in [5.41, 5.74) is 7.30. The van der Waals surface area contributed by atoms with Crippen LogP contribution in [0.3, 0.4) is 0 Å². The molecule has 51 valence electrons. The van der Waals surface area contributed by atoms with Crippen LogP contribution in [0.5, 0.6) is 0 Å². The lowest BCUT2D eigenvalue weighted by molar-refractivity contribution is 0.376. The molecule has 0 spiro atoms. The molecular weight excluding hydrogens is 114 g/mol. The van der Waals surface area contributed by atoms with E-state index in [0.717, 1.165) is 13.1 Å². The van der Waals surface area contributed by atoms with E-state index in [1.807, 2.05) is 4.90 Å². The van der Waals surface area contributed by atoms with Gasteiger partial charge >= 0.3 is 0 Å². The molecule has 0 fully saturated rings. The average molecular weight is 126 g/mol. The Morgan fingerprint density at radius 3 is 2.56 bits per heavy atom. The second-order valence-corrected chi connectivity index (χ2v) is 2.49. The molecule has 0 aromatic carbocycles.